The predicted octanol–water partition coefficient (Wildman–Crippen LogP) is 1.87. The van der Waals surface area contributed by atoms with Gasteiger partial charge in [0.25, 0.3) is 0 Å². The molecule has 0 bridgehead atoms. The first-order chi connectivity index (χ1) is 6.69. The molecular formula is C10H13F2NO. The van der Waals surface area contributed by atoms with E-state index in [1.54, 1.807) is 7.05 Å². The van der Waals surface area contributed by atoms with E-state index < -0.39 is 11.6 Å². The second kappa shape index (κ2) is 5.02. The summed E-state index contributed by atoms with van der Waals surface area (Å²) in [4.78, 5) is 0. The Bertz CT molecular complexity index is 304. The van der Waals surface area contributed by atoms with E-state index in [1.165, 1.54) is 19.2 Å². The fourth-order valence-corrected chi connectivity index (χ4v) is 1.27. The normalized spacial score (nSPS) is 12.9. The zero-order valence-corrected chi connectivity index (χ0v) is 8.18. The maximum absolute atomic E-state index is 13.3. The van der Waals surface area contributed by atoms with Crippen LogP contribution in [0.2, 0.25) is 0 Å². The molecule has 0 unspecified atom stereocenters. The third-order valence-corrected chi connectivity index (χ3v) is 1.98. The first kappa shape index (κ1) is 11.1. The summed E-state index contributed by atoms with van der Waals surface area (Å²) >= 11 is 0. The third-order valence-electron chi connectivity index (χ3n) is 1.98. The van der Waals surface area contributed by atoms with Crippen LogP contribution in [0.1, 0.15) is 11.7 Å². The van der Waals surface area contributed by atoms with E-state index in [9.17, 15) is 8.78 Å². The lowest BCUT2D eigenvalue weighted by molar-refractivity contribution is 0.101. The average Bonchev–Trinajstić information content (AvgIpc) is 2.15. The van der Waals surface area contributed by atoms with Gasteiger partial charge in [-0.3, -0.25) is 0 Å². The van der Waals surface area contributed by atoms with Crippen molar-refractivity contribution in [2.45, 2.75) is 6.10 Å². The number of hydrogen-bond acceptors (Lipinski definition) is 2. The summed E-state index contributed by atoms with van der Waals surface area (Å²) in [6.07, 6.45) is -0.388. The topological polar surface area (TPSA) is 21.3 Å². The largest absolute Gasteiger partial charge is 0.375 e. The number of ether oxygens (including phenoxy) is 1. The lowest BCUT2D eigenvalue weighted by Gasteiger charge is -2.15. The Balaban J connectivity index is 2.92. The van der Waals surface area contributed by atoms with Gasteiger partial charge in [0.05, 0.1) is 6.10 Å². The first-order valence-electron chi connectivity index (χ1n) is 4.31. The molecule has 1 aromatic carbocycles. The van der Waals surface area contributed by atoms with Crippen LogP contribution in [0.5, 0.6) is 0 Å². The van der Waals surface area contributed by atoms with Gasteiger partial charge in [0.15, 0.2) is 0 Å². The van der Waals surface area contributed by atoms with Crippen molar-refractivity contribution < 1.29 is 13.5 Å². The summed E-state index contributed by atoms with van der Waals surface area (Å²) in [6.45, 7) is 0.485. The monoisotopic (exact) mass is 201 g/mol. The summed E-state index contributed by atoms with van der Waals surface area (Å²) in [5.74, 6) is -1.15. The molecule has 0 saturated heterocycles. The van der Waals surface area contributed by atoms with Crippen molar-refractivity contribution >= 4 is 0 Å². The quantitative estimate of drug-likeness (QED) is 0.803. The van der Waals surface area contributed by atoms with Gasteiger partial charge < -0.3 is 10.1 Å². The Labute approximate surface area is 81.9 Å². The Hall–Kier alpha value is -1.00. The second-order valence-electron chi connectivity index (χ2n) is 2.95. The predicted molar refractivity (Wildman–Crippen MR) is 50.0 cm³/mol. The Morgan fingerprint density at radius 2 is 2.14 bits per heavy atom. The van der Waals surface area contributed by atoms with E-state index in [2.05, 4.69) is 5.32 Å². The standard InChI is InChI=1S/C10H13F2NO/c1-13-6-10(14-2)8-4-3-7(11)5-9(8)12/h3-5,10,13H,6H2,1-2H3/t10-/m0/s1. The molecule has 0 aliphatic heterocycles. The summed E-state index contributed by atoms with van der Waals surface area (Å²) in [6, 6.07) is 3.48. The lowest BCUT2D eigenvalue weighted by Crippen LogP contribution is -2.19. The van der Waals surface area contributed by atoms with Crippen LogP contribution >= 0.6 is 0 Å². The van der Waals surface area contributed by atoms with Crippen molar-refractivity contribution in [2.24, 2.45) is 0 Å². The number of likely N-dealkylation sites (N-methyl/N-ethyl adjacent to an activating group) is 1. The molecule has 0 saturated carbocycles. The van der Waals surface area contributed by atoms with Crippen molar-refractivity contribution in [1.82, 2.24) is 5.32 Å². The van der Waals surface area contributed by atoms with E-state index >= 15 is 0 Å². The number of nitrogens with one attached hydrogen (secondary N) is 1. The first-order valence-corrected chi connectivity index (χ1v) is 4.31. The number of benzene rings is 1. The number of halogens is 2. The highest BCUT2D eigenvalue weighted by molar-refractivity contribution is 5.21. The fourth-order valence-electron chi connectivity index (χ4n) is 1.27. The van der Waals surface area contributed by atoms with Crippen molar-refractivity contribution in [3.63, 3.8) is 0 Å². The van der Waals surface area contributed by atoms with Gasteiger partial charge in [0.2, 0.25) is 0 Å². The van der Waals surface area contributed by atoms with Gasteiger partial charge in [-0.2, -0.15) is 0 Å². The molecule has 2 nitrogen and oxygen atoms in total. The molecule has 0 heterocycles. The maximum Gasteiger partial charge on any atom is 0.131 e. The average molecular weight is 201 g/mol. The van der Waals surface area contributed by atoms with E-state index in [0.29, 0.717) is 12.1 Å². The van der Waals surface area contributed by atoms with Crippen LogP contribution in [0.3, 0.4) is 0 Å². The van der Waals surface area contributed by atoms with Gasteiger partial charge in [0, 0.05) is 25.3 Å². The third kappa shape index (κ3) is 2.49. The van der Waals surface area contributed by atoms with E-state index in [1.807, 2.05) is 0 Å². The molecule has 0 radical (unpaired) electrons. The molecule has 1 atom stereocenters. The van der Waals surface area contributed by atoms with Gasteiger partial charge in [-0.05, 0) is 13.1 Å². The zero-order chi connectivity index (χ0) is 10.6. The van der Waals surface area contributed by atoms with Crippen LogP contribution in [0.25, 0.3) is 0 Å². The van der Waals surface area contributed by atoms with Gasteiger partial charge in [-0.15, -0.1) is 0 Å². The van der Waals surface area contributed by atoms with Crippen LogP contribution in [-0.2, 0) is 4.74 Å². The SMILES string of the molecule is CNC[C@H](OC)c1ccc(F)cc1F. The molecule has 1 N–H and O–H groups in total. The van der Waals surface area contributed by atoms with E-state index in [0.717, 1.165) is 6.07 Å². The molecule has 0 aliphatic rings. The highest BCUT2D eigenvalue weighted by Crippen LogP contribution is 2.19. The Morgan fingerprint density at radius 1 is 1.43 bits per heavy atom. The van der Waals surface area contributed by atoms with Crippen LogP contribution in [-0.4, -0.2) is 20.7 Å². The van der Waals surface area contributed by atoms with Crippen molar-refractivity contribution in [3.8, 4) is 0 Å². The molecule has 0 amide bonds. The molecule has 0 aliphatic carbocycles. The molecule has 14 heavy (non-hydrogen) atoms. The van der Waals surface area contributed by atoms with E-state index in [-0.39, 0.29) is 6.10 Å². The Kier molecular flexibility index (Phi) is 3.98. The highest BCUT2D eigenvalue weighted by Gasteiger charge is 2.14. The summed E-state index contributed by atoms with van der Waals surface area (Å²) < 4.78 is 30.9. The molecule has 1 rings (SSSR count). The number of hydrogen-bond donors (Lipinski definition) is 1. The summed E-state index contributed by atoms with van der Waals surface area (Å²) in [5.41, 5.74) is 0.364. The second-order valence-corrected chi connectivity index (χ2v) is 2.95. The van der Waals surface area contributed by atoms with Crippen molar-refractivity contribution in [2.75, 3.05) is 20.7 Å². The molecule has 0 spiro atoms. The highest BCUT2D eigenvalue weighted by atomic mass is 19.1. The smallest absolute Gasteiger partial charge is 0.131 e. The van der Waals surface area contributed by atoms with Crippen molar-refractivity contribution in [1.29, 1.82) is 0 Å². The van der Waals surface area contributed by atoms with Crippen LogP contribution in [0.15, 0.2) is 18.2 Å². The van der Waals surface area contributed by atoms with E-state index in [4.69, 9.17) is 4.74 Å². The molecule has 4 heteroatoms. The maximum atomic E-state index is 13.3. The van der Waals surface area contributed by atoms with Crippen LogP contribution in [0.4, 0.5) is 8.78 Å². The Morgan fingerprint density at radius 3 is 2.64 bits per heavy atom. The van der Waals surface area contributed by atoms with Crippen LogP contribution < -0.4 is 5.32 Å². The summed E-state index contributed by atoms with van der Waals surface area (Å²) in [5, 5.41) is 2.87. The minimum absolute atomic E-state index is 0.364. The minimum atomic E-state index is -0.578. The molecule has 0 fully saturated rings. The molecular weight excluding hydrogens is 188 g/mol. The number of methoxy groups -OCH3 is 1. The lowest BCUT2D eigenvalue weighted by atomic mass is 10.1. The summed E-state index contributed by atoms with van der Waals surface area (Å²) in [7, 11) is 3.23. The molecule has 1 aromatic rings. The fraction of sp³-hybridized carbons (Fsp3) is 0.400. The van der Waals surface area contributed by atoms with Gasteiger partial charge in [-0.25, -0.2) is 8.78 Å². The minimum Gasteiger partial charge on any atom is -0.375 e. The van der Waals surface area contributed by atoms with Crippen LogP contribution in [0, 0.1) is 11.6 Å². The van der Waals surface area contributed by atoms with Gasteiger partial charge >= 0.3 is 0 Å². The zero-order valence-electron chi connectivity index (χ0n) is 8.18. The molecule has 0 aromatic heterocycles. The van der Waals surface area contributed by atoms with Gasteiger partial charge in [-0.1, -0.05) is 6.07 Å². The molecule has 78 valence electrons. The van der Waals surface area contributed by atoms with Crippen molar-refractivity contribution in [3.05, 3.63) is 35.4 Å². The van der Waals surface area contributed by atoms with Gasteiger partial charge in [0.1, 0.15) is 11.6 Å². The number of rotatable bonds is 4.